The van der Waals surface area contributed by atoms with Gasteiger partial charge in [-0.25, -0.2) is 4.39 Å². The molecule has 0 bridgehead atoms. The molecule has 92 valence electrons. The summed E-state index contributed by atoms with van der Waals surface area (Å²) in [6.07, 6.45) is 0. The molecule has 19 heavy (non-hydrogen) atoms. The fourth-order valence-corrected chi connectivity index (χ4v) is 2.35. The van der Waals surface area contributed by atoms with Gasteiger partial charge < -0.3 is 4.98 Å². The number of imidazole rings is 1. The quantitative estimate of drug-likeness (QED) is 0.685. The zero-order chi connectivity index (χ0) is 13.4. The number of halogens is 1. The van der Waals surface area contributed by atoms with Gasteiger partial charge >= 0.3 is 0 Å². The van der Waals surface area contributed by atoms with Crippen LogP contribution in [0.1, 0.15) is 5.56 Å². The smallest absolute Gasteiger partial charge is 0.182 e. The number of hydrogen-bond acceptors (Lipinski definition) is 2. The second kappa shape index (κ2) is 4.34. The molecular weight excluding hydrogens is 261 g/mol. The van der Waals surface area contributed by atoms with Crippen LogP contribution in [0.15, 0.2) is 42.5 Å². The summed E-state index contributed by atoms with van der Waals surface area (Å²) in [6.45, 7) is 0. The number of benzene rings is 2. The van der Waals surface area contributed by atoms with Crippen molar-refractivity contribution in [2.24, 2.45) is 0 Å². The highest BCUT2D eigenvalue weighted by molar-refractivity contribution is 7.71. The molecule has 5 heteroatoms. The largest absolute Gasteiger partial charge is 0.330 e. The number of para-hydroxylation sites is 1. The van der Waals surface area contributed by atoms with Crippen molar-refractivity contribution in [3.05, 3.63) is 58.6 Å². The van der Waals surface area contributed by atoms with E-state index in [1.165, 1.54) is 6.07 Å². The summed E-state index contributed by atoms with van der Waals surface area (Å²) in [4.78, 5) is 3.01. The second-order valence-corrected chi connectivity index (χ2v) is 4.45. The Morgan fingerprint density at radius 3 is 2.74 bits per heavy atom. The van der Waals surface area contributed by atoms with Crippen LogP contribution in [-0.4, -0.2) is 9.55 Å². The fraction of sp³-hybridized carbons (Fsp3) is 0. The number of nitrogens with zero attached hydrogens (tertiary/aromatic N) is 2. The molecule has 0 spiro atoms. The zero-order valence-electron chi connectivity index (χ0n) is 9.72. The first-order valence-corrected chi connectivity index (χ1v) is 6.01. The normalized spacial score (nSPS) is 10.5. The number of H-pyrrole nitrogens is 1. The van der Waals surface area contributed by atoms with Crippen LogP contribution in [0, 0.1) is 21.9 Å². The number of fused-ring (bicyclic) bond motifs is 1. The van der Waals surface area contributed by atoms with Crippen molar-refractivity contribution in [2.75, 3.05) is 0 Å². The predicted octanol–water partition coefficient (Wildman–Crippen LogP) is 3.70. The fourth-order valence-electron chi connectivity index (χ4n) is 2.04. The molecule has 3 nitrogen and oxygen atoms in total. The molecule has 0 unspecified atom stereocenters. The Kier molecular flexibility index (Phi) is 2.65. The molecule has 0 atom stereocenters. The van der Waals surface area contributed by atoms with Crippen molar-refractivity contribution >= 4 is 23.3 Å². The van der Waals surface area contributed by atoms with Crippen molar-refractivity contribution in [2.45, 2.75) is 0 Å². The molecular formula is C14H8FN3S. The first kappa shape index (κ1) is 11.6. The predicted molar refractivity (Wildman–Crippen MR) is 73.1 cm³/mol. The van der Waals surface area contributed by atoms with Crippen LogP contribution < -0.4 is 0 Å². The lowest BCUT2D eigenvalue weighted by Crippen LogP contribution is -1.97. The van der Waals surface area contributed by atoms with Gasteiger partial charge in [-0.1, -0.05) is 12.1 Å². The highest BCUT2D eigenvalue weighted by Crippen LogP contribution is 2.22. The van der Waals surface area contributed by atoms with E-state index in [-0.39, 0.29) is 5.82 Å². The van der Waals surface area contributed by atoms with Gasteiger partial charge in [0, 0.05) is 0 Å². The minimum Gasteiger partial charge on any atom is -0.330 e. The summed E-state index contributed by atoms with van der Waals surface area (Å²) in [5.74, 6) is -0.359. The zero-order valence-corrected chi connectivity index (χ0v) is 10.5. The van der Waals surface area contributed by atoms with Crippen LogP contribution in [0.3, 0.4) is 0 Å². The number of nitrogens with one attached hydrogen (secondary N) is 1. The third-order valence-corrected chi connectivity index (χ3v) is 3.19. The van der Waals surface area contributed by atoms with E-state index in [1.807, 2.05) is 0 Å². The van der Waals surface area contributed by atoms with E-state index in [9.17, 15) is 4.39 Å². The number of hydrogen-bond donors (Lipinski definition) is 1. The third-order valence-electron chi connectivity index (χ3n) is 2.91. The Morgan fingerprint density at radius 1 is 1.21 bits per heavy atom. The second-order valence-electron chi connectivity index (χ2n) is 4.06. The van der Waals surface area contributed by atoms with Crippen LogP contribution in [0.2, 0.25) is 0 Å². The molecule has 0 aliphatic heterocycles. The summed E-state index contributed by atoms with van der Waals surface area (Å²) < 4.78 is 15.9. The molecule has 0 saturated heterocycles. The highest BCUT2D eigenvalue weighted by atomic mass is 32.1. The number of rotatable bonds is 1. The van der Waals surface area contributed by atoms with Gasteiger partial charge in [0.1, 0.15) is 5.82 Å². The van der Waals surface area contributed by atoms with E-state index >= 15 is 0 Å². The lowest BCUT2D eigenvalue weighted by Gasteiger charge is -2.05. The van der Waals surface area contributed by atoms with E-state index < -0.39 is 0 Å². The van der Waals surface area contributed by atoms with Crippen molar-refractivity contribution in [3.8, 4) is 11.8 Å². The Labute approximate surface area is 113 Å². The Bertz CT molecular complexity index is 870. The Balaban J connectivity index is 2.41. The average Bonchev–Trinajstić information content (AvgIpc) is 2.74. The van der Waals surface area contributed by atoms with Crippen LogP contribution in [-0.2, 0) is 0 Å². The number of nitriles is 1. The molecule has 0 radical (unpaired) electrons. The molecule has 0 amide bonds. The van der Waals surface area contributed by atoms with Gasteiger partial charge in [0.15, 0.2) is 4.77 Å². The number of aromatic amines is 1. The molecule has 3 aromatic rings. The minimum absolute atomic E-state index is 0.359. The van der Waals surface area contributed by atoms with Crippen molar-refractivity contribution < 1.29 is 4.39 Å². The maximum atomic E-state index is 13.9. The van der Waals surface area contributed by atoms with Gasteiger partial charge in [-0.05, 0) is 42.5 Å². The molecule has 3 rings (SSSR count). The summed E-state index contributed by atoms with van der Waals surface area (Å²) in [5, 5.41) is 8.95. The maximum Gasteiger partial charge on any atom is 0.182 e. The summed E-state index contributed by atoms with van der Waals surface area (Å²) in [6, 6.07) is 13.6. The van der Waals surface area contributed by atoms with Gasteiger partial charge in [0.2, 0.25) is 0 Å². The average molecular weight is 269 g/mol. The molecule has 0 saturated carbocycles. The van der Waals surface area contributed by atoms with Gasteiger partial charge in [-0.2, -0.15) is 5.26 Å². The first-order valence-electron chi connectivity index (χ1n) is 5.60. The van der Waals surface area contributed by atoms with Crippen molar-refractivity contribution in [1.82, 2.24) is 9.55 Å². The molecule has 1 heterocycles. The van der Waals surface area contributed by atoms with Gasteiger partial charge in [0.25, 0.3) is 0 Å². The SMILES string of the molecule is N#Cc1ccc2[nH]c(=S)n(-c3ccccc3F)c2c1. The molecule has 2 aromatic carbocycles. The topological polar surface area (TPSA) is 44.5 Å². The lowest BCUT2D eigenvalue weighted by atomic mass is 10.2. The molecule has 0 aliphatic carbocycles. The number of aromatic nitrogens is 2. The van der Waals surface area contributed by atoms with Crippen LogP contribution in [0.25, 0.3) is 16.7 Å². The van der Waals surface area contributed by atoms with Gasteiger partial charge in [-0.15, -0.1) is 0 Å². The minimum atomic E-state index is -0.359. The van der Waals surface area contributed by atoms with E-state index in [2.05, 4.69) is 11.1 Å². The van der Waals surface area contributed by atoms with E-state index in [0.717, 1.165) is 5.52 Å². The van der Waals surface area contributed by atoms with Crippen molar-refractivity contribution in [1.29, 1.82) is 5.26 Å². The van der Waals surface area contributed by atoms with E-state index in [0.29, 0.717) is 21.5 Å². The van der Waals surface area contributed by atoms with Crippen LogP contribution >= 0.6 is 12.2 Å². The summed E-state index contributed by atoms with van der Waals surface area (Å²) in [7, 11) is 0. The molecule has 0 fully saturated rings. The Hall–Kier alpha value is -2.45. The van der Waals surface area contributed by atoms with Crippen molar-refractivity contribution in [3.63, 3.8) is 0 Å². The summed E-state index contributed by atoms with van der Waals surface area (Å²) in [5.41, 5.74) is 2.34. The van der Waals surface area contributed by atoms with Gasteiger partial charge in [-0.3, -0.25) is 4.57 Å². The monoisotopic (exact) mass is 269 g/mol. The van der Waals surface area contributed by atoms with Gasteiger partial charge in [0.05, 0.1) is 28.4 Å². The standard InChI is InChI=1S/C14H8FN3S/c15-10-3-1-2-4-12(10)18-13-7-9(8-16)5-6-11(13)17-14(18)19/h1-7H,(H,17,19). The van der Waals surface area contributed by atoms with E-state index in [4.69, 9.17) is 17.5 Å². The molecule has 1 N–H and O–H groups in total. The van der Waals surface area contributed by atoms with Crippen LogP contribution in [0.5, 0.6) is 0 Å². The highest BCUT2D eigenvalue weighted by Gasteiger charge is 2.10. The van der Waals surface area contributed by atoms with E-state index in [1.54, 1.807) is 41.0 Å². The lowest BCUT2D eigenvalue weighted by molar-refractivity contribution is 0.619. The summed E-state index contributed by atoms with van der Waals surface area (Å²) >= 11 is 5.23. The van der Waals surface area contributed by atoms with Crippen LogP contribution in [0.4, 0.5) is 4.39 Å². The Morgan fingerprint density at radius 2 is 2.00 bits per heavy atom. The maximum absolute atomic E-state index is 13.9. The molecule has 1 aromatic heterocycles. The third kappa shape index (κ3) is 1.83. The molecule has 0 aliphatic rings. The first-order chi connectivity index (χ1) is 9.20.